The molecule has 0 amide bonds. The normalized spacial score (nSPS) is 19.1. The van der Waals surface area contributed by atoms with Gasteiger partial charge in [0.1, 0.15) is 17.5 Å². The molecule has 0 saturated carbocycles. The molecule has 1 aliphatic rings. The van der Waals surface area contributed by atoms with Crippen LogP contribution in [0.2, 0.25) is 0 Å². The highest BCUT2D eigenvalue weighted by Gasteiger charge is 2.29. The van der Waals surface area contributed by atoms with Gasteiger partial charge in [0.25, 0.3) is 0 Å². The Morgan fingerprint density at radius 1 is 0.704 bits per heavy atom. The van der Waals surface area contributed by atoms with Crippen LogP contribution in [0.5, 0.6) is 11.5 Å². The first-order valence-corrected chi connectivity index (χ1v) is 9.03. The molecule has 2 unspecified atom stereocenters. The first-order valence-electron chi connectivity index (χ1n) is 9.03. The van der Waals surface area contributed by atoms with Gasteiger partial charge < -0.3 is 10.2 Å². The average molecular weight is 354 g/mol. The Kier molecular flexibility index (Phi) is 3.57. The van der Waals surface area contributed by atoms with E-state index in [1.165, 1.54) is 33.2 Å². The quantitative estimate of drug-likeness (QED) is 0.431. The van der Waals surface area contributed by atoms with Crippen LogP contribution in [0.1, 0.15) is 29.6 Å². The van der Waals surface area contributed by atoms with Crippen molar-refractivity contribution in [2.75, 3.05) is 0 Å². The van der Waals surface area contributed by atoms with E-state index in [1.54, 1.807) is 12.1 Å². The van der Waals surface area contributed by atoms with E-state index in [0.29, 0.717) is 12.0 Å². The fraction of sp³-hybridized carbons (Fsp3) is 0.130. The molecular weight excluding hydrogens is 336 g/mol. The standard InChI is InChI=1S/C23H18N2O2/c26-16-9-10-19(22(27)12-16)20-13-21(25-24-20)23-17-7-3-1-5-14(17)11-15-6-2-4-8-18(15)23/h1-12,20-21,26-27H,13H2. The minimum absolute atomic E-state index is 0.0442. The van der Waals surface area contributed by atoms with Crippen molar-refractivity contribution in [3.63, 3.8) is 0 Å². The second kappa shape index (κ2) is 6.09. The van der Waals surface area contributed by atoms with Crippen LogP contribution >= 0.6 is 0 Å². The lowest BCUT2D eigenvalue weighted by Gasteiger charge is -2.16. The molecule has 4 aromatic rings. The van der Waals surface area contributed by atoms with Gasteiger partial charge in [0, 0.05) is 18.1 Å². The summed E-state index contributed by atoms with van der Waals surface area (Å²) in [6.07, 6.45) is 0.691. The minimum Gasteiger partial charge on any atom is -0.508 e. The lowest BCUT2D eigenvalue weighted by Crippen LogP contribution is -1.99. The number of phenols is 2. The molecule has 0 aliphatic carbocycles. The van der Waals surface area contributed by atoms with E-state index in [2.05, 4.69) is 52.7 Å². The zero-order chi connectivity index (χ0) is 18.4. The molecule has 0 saturated heterocycles. The van der Waals surface area contributed by atoms with Crippen molar-refractivity contribution in [3.8, 4) is 11.5 Å². The molecule has 2 atom stereocenters. The average Bonchev–Trinajstić information content (AvgIpc) is 3.15. The first kappa shape index (κ1) is 15.8. The van der Waals surface area contributed by atoms with Crippen LogP contribution in [0.15, 0.2) is 83.0 Å². The van der Waals surface area contributed by atoms with E-state index in [4.69, 9.17) is 0 Å². The molecule has 0 bridgehead atoms. The van der Waals surface area contributed by atoms with Gasteiger partial charge in [0.05, 0.1) is 6.04 Å². The molecule has 1 heterocycles. The van der Waals surface area contributed by atoms with Crippen LogP contribution < -0.4 is 0 Å². The smallest absolute Gasteiger partial charge is 0.124 e. The zero-order valence-corrected chi connectivity index (χ0v) is 14.6. The van der Waals surface area contributed by atoms with E-state index >= 15 is 0 Å². The second-order valence-electron chi connectivity index (χ2n) is 6.97. The summed E-state index contributed by atoms with van der Waals surface area (Å²) in [4.78, 5) is 0. The summed E-state index contributed by atoms with van der Waals surface area (Å²) < 4.78 is 0. The Morgan fingerprint density at radius 3 is 2.00 bits per heavy atom. The van der Waals surface area contributed by atoms with Gasteiger partial charge in [-0.1, -0.05) is 48.5 Å². The highest BCUT2D eigenvalue weighted by molar-refractivity contribution is 6.02. The molecule has 27 heavy (non-hydrogen) atoms. The van der Waals surface area contributed by atoms with Gasteiger partial charge in [-0.25, -0.2) is 0 Å². The number of nitrogens with zero attached hydrogens (tertiary/aromatic N) is 2. The number of hydrogen-bond acceptors (Lipinski definition) is 4. The van der Waals surface area contributed by atoms with Gasteiger partial charge in [-0.05, 0) is 45.3 Å². The van der Waals surface area contributed by atoms with Crippen molar-refractivity contribution in [3.05, 3.63) is 83.9 Å². The molecule has 4 nitrogen and oxygen atoms in total. The molecule has 0 aromatic heterocycles. The molecule has 4 aromatic carbocycles. The predicted molar refractivity (Wildman–Crippen MR) is 106 cm³/mol. The van der Waals surface area contributed by atoms with Crippen LogP contribution in [-0.4, -0.2) is 10.2 Å². The van der Waals surface area contributed by atoms with Crippen LogP contribution in [-0.2, 0) is 0 Å². The van der Waals surface area contributed by atoms with Gasteiger partial charge in [-0.3, -0.25) is 0 Å². The molecule has 0 spiro atoms. The van der Waals surface area contributed by atoms with Crippen molar-refractivity contribution in [1.82, 2.24) is 0 Å². The van der Waals surface area contributed by atoms with Gasteiger partial charge in [-0.2, -0.15) is 10.2 Å². The summed E-state index contributed by atoms with van der Waals surface area (Å²) in [6, 6.07) is 23.3. The number of phenolic OH excluding ortho intramolecular Hbond substituents is 2. The Labute approximate surface area is 156 Å². The summed E-state index contributed by atoms with van der Waals surface area (Å²) >= 11 is 0. The van der Waals surface area contributed by atoms with Crippen molar-refractivity contribution < 1.29 is 10.2 Å². The van der Waals surface area contributed by atoms with Gasteiger partial charge in [0.15, 0.2) is 0 Å². The van der Waals surface area contributed by atoms with Crippen molar-refractivity contribution in [2.45, 2.75) is 18.5 Å². The molecule has 4 heteroatoms. The third kappa shape index (κ3) is 2.61. The summed E-state index contributed by atoms with van der Waals surface area (Å²) in [7, 11) is 0. The molecule has 2 N–H and O–H groups in total. The maximum Gasteiger partial charge on any atom is 0.124 e. The summed E-state index contributed by atoms with van der Waals surface area (Å²) in [6.45, 7) is 0. The Morgan fingerprint density at radius 2 is 1.33 bits per heavy atom. The van der Waals surface area contributed by atoms with Gasteiger partial charge in [-0.15, -0.1) is 0 Å². The molecule has 0 radical (unpaired) electrons. The number of hydrogen-bond donors (Lipinski definition) is 2. The van der Waals surface area contributed by atoms with Crippen molar-refractivity contribution in [2.24, 2.45) is 10.2 Å². The summed E-state index contributed by atoms with van der Waals surface area (Å²) in [5.41, 5.74) is 1.89. The van der Waals surface area contributed by atoms with Crippen LogP contribution in [0.4, 0.5) is 0 Å². The number of azo groups is 1. The third-order valence-corrected chi connectivity index (χ3v) is 5.31. The van der Waals surface area contributed by atoms with E-state index in [9.17, 15) is 10.2 Å². The molecule has 0 fully saturated rings. The first-order chi connectivity index (χ1) is 13.2. The largest absolute Gasteiger partial charge is 0.508 e. The lowest BCUT2D eigenvalue weighted by atomic mass is 9.89. The van der Waals surface area contributed by atoms with E-state index in [0.717, 1.165) is 0 Å². The van der Waals surface area contributed by atoms with Gasteiger partial charge >= 0.3 is 0 Å². The number of rotatable bonds is 2. The number of aromatic hydroxyl groups is 2. The summed E-state index contributed by atoms with van der Waals surface area (Å²) in [5, 5.41) is 33.5. The second-order valence-corrected chi connectivity index (χ2v) is 6.97. The Balaban J connectivity index is 1.63. The van der Waals surface area contributed by atoms with Crippen molar-refractivity contribution >= 4 is 21.5 Å². The van der Waals surface area contributed by atoms with Crippen LogP contribution in [0.25, 0.3) is 21.5 Å². The van der Waals surface area contributed by atoms with Gasteiger partial charge in [0.2, 0.25) is 0 Å². The molecular formula is C23H18N2O2. The third-order valence-electron chi connectivity index (χ3n) is 5.31. The highest BCUT2D eigenvalue weighted by atomic mass is 16.3. The maximum atomic E-state index is 10.2. The van der Waals surface area contributed by atoms with Crippen molar-refractivity contribution in [1.29, 1.82) is 0 Å². The maximum absolute atomic E-state index is 10.2. The van der Waals surface area contributed by atoms with E-state index in [-0.39, 0.29) is 23.6 Å². The Hall–Kier alpha value is -3.40. The topological polar surface area (TPSA) is 65.2 Å². The summed E-state index contributed by atoms with van der Waals surface area (Å²) in [5.74, 6) is 0.102. The fourth-order valence-electron chi connectivity index (χ4n) is 4.05. The fourth-order valence-corrected chi connectivity index (χ4v) is 4.05. The zero-order valence-electron chi connectivity index (χ0n) is 14.6. The number of benzene rings is 4. The minimum atomic E-state index is -0.215. The van der Waals surface area contributed by atoms with Crippen LogP contribution in [0.3, 0.4) is 0 Å². The molecule has 5 rings (SSSR count). The molecule has 1 aliphatic heterocycles. The highest BCUT2D eigenvalue weighted by Crippen LogP contribution is 2.45. The monoisotopic (exact) mass is 354 g/mol. The predicted octanol–water partition coefficient (Wildman–Crippen LogP) is 6.04. The number of fused-ring (bicyclic) bond motifs is 2. The lowest BCUT2D eigenvalue weighted by molar-refractivity contribution is 0.441. The van der Waals surface area contributed by atoms with E-state index < -0.39 is 0 Å². The SMILES string of the molecule is Oc1ccc(C2CC(c3c4ccccc4cc4ccccc34)N=N2)c(O)c1. The van der Waals surface area contributed by atoms with E-state index in [1.807, 2.05) is 12.1 Å². The molecule has 132 valence electrons. The van der Waals surface area contributed by atoms with Crippen LogP contribution in [0, 0.1) is 0 Å². The Bertz CT molecular complexity index is 1150.